The molecule has 21 heavy (non-hydrogen) atoms. The van der Waals surface area contributed by atoms with Crippen LogP contribution < -0.4 is 5.73 Å². The summed E-state index contributed by atoms with van der Waals surface area (Å²) in [4.78, 5) is 13.2. The zero-order valence-electron chi connectivity index (χ0n) is 13.0. The molecule has 4 heteroatoms. The van der Waals surface area contributed by atoms with Gasteiger partial charge in [-0.2, -0.15) is 0 Å². The zero-order valence-corrected chi connectivity index (χ0v) is 13.0. The van der Waals surface area contributed by atoms with Gasteiger partial charge in [-0.15, -0.1) is 0 Å². The highest BCUT2D eigenvalue weighted by molar-refractivity contribution is 5.73. The quantitative estimate of drug-likeness (QED) is 0.868. The maximum Gasteiger partial charge on any atom is 0.218 e. The summed E-state index contributed by atoms with van der Waals surface area (Å²) in [5, 5.41) is 0. The SMILES string of the molecule is CO[C@H]1CN(CCC(N)=O)CC[C@@H]1Cc1ccccc1C. The van der Waals surface area contributed by atoms with Crippen molar-refractivity contribution in [2.75, 3.05) is 26.7 Å². The Morgan fingerprint density at radius 2 is 2.19 bits per heavy atom. The Morgan fingerprint density at radius 1 is 1.43 bits per heavy atom. The van der Waals surface area contributed by atoms with E-state index in [1.807, 2.05) is 0 Å². The number of likely N-dealkylation sites (tertiary alicyclic amines) is 1. The van der Waals surface area contributed by atoms with Crippen molar-refractivity contribution in [3.05, 3.63) is 35.4 Å². The van der Waals surface area contributed by atoms with Crippen molar-refractivity contribution in [3.63, 3.8) is 0 Å². The standard InChI is InChI=1S/C17H26N2O2/c1-13-5-3-4-6-14(13)11-15-7-9-19(10-8-17(18)20)12-16(15)21-2/h3-6,15-16H,7-12H2,1-2H3,(H2,18,20)/t15-,16+/m1/s1. The van der Waals surface area contributed by atoms with E-state index in [1.54, 1.807) is 7.11 Å². The second-order valence-corrected chi connectivity index (χ2v) is 5.97. The van der Waals surface area contributed by atoms with Crippen molar-refractivity contribution < 1.29 is 9.53 Å². The number of aryl methyl sites for hydroxylation is 1. The van der Waals surface area contributed by atoms with Crippen LogP contribution in [0.4, 0.5) is 0 Å². The second-order valence-electron chi connectivity index (χ2n) is 5.97. The number of nitrogens with two attached hydrogens (primary N) is 1. The maximum absolute atomic E-state index is 10.9. The Balaban J connectivity index is 1.93. The fourth-order valence-electron chi connectivity index (χ4n) is 3.12. The summed E-state index contributed by atoms with van der Waals surface area (Å²) < 4.78 is 5.70. The summed E-state index contributed by atoms with van der Waals surface area (Å²) in [6.45, 7) is 4.81. The molecule has 4 nitrogen and oxygen atoms in total. The number of hydrogen-bond acceptors (Lipinski definition) is 3. The monoisotopic (exact) mass is 290 g/mol. The lowest BCUT2D eigenvalue weighted by molar-refractivity contribution is -0.118. The third-order valence-electron chi connectivity index (χ3n) is 4.50. The van der Waals surface area contributed by atoms with E-state index in [2.05, 4.69) is 36.1 Å². The summed E-state index contributed by atoms with van der Waals surface area (Å²) in [5.74, 6) is 0.312. The molecule has 0 aromatic heterocycles. The van der Waals surface area contributed by atoms with E-state index in [4.69, 9.17) is 10.5 Å². The lowest BCUT2D eigenvalue weighted by Crippen LogP contribution is -2.46. The molecule has 1 aliphatic rings. The van der Waals surface area contributed by atoms with Gasteiger partial charge in [-0.05, 0) is 43.4 Å². The van der Waals surface area contributed by atoms with Crippen LogP contribution in [0.25, 0.3) is 0 Å². The molecule has 1 aromatic rings. The summed E-state index contributed by atoms with van der Waals surface area (Å²) in [5.41, 5.74) is 7.99. The topological polar surface area (TPSA) is 55.6 Å². The molecule has 1 fully saturated rings. The molecule has 0 saturated carbocycles. The molecular formula is C17H26N2O2. The van der Waals surface area contributed by atoms with Crippen molar-refractivity contribution in [1.29, 1.82) is 0 Å². The van der Waals surface area contributed by atoms with Crippen molar-refractivity contribution >= 4 is 5.91 Å². The number of benzene rings is 1. The number of nitrogens with zero attached hydrogens (tertiary/aromatic N) is 1. The normalized spacial score (nSPS) is 23.1. The van der Waals surface area contributed by atoms with Crippen molar-refractivity contribution in [2.24, 2.45) is 11.7 Å². The third kappa shape index (κ3) is 4.55. The summed E-state index contributed by atoms with van der Waals surface area (Å²) >= 11 is 0. The Bertz CT molecular complexity index is 476. The van der Waals surface area contributed by atoms with Gasteiger partial charge in [-0.25, -0.2) is 0 Å². The predicted octanol–water partition coefficient (Wildman–Crippen LogP) is 1.75. The van der Waals surface area contributed by atoms with Gasteiger partial charge >= 0.3 is 0 Å². The number of ether oxygens (including phenoxy) is 1. The average molecular weight is 290 g/mol. The van der Waals surface area contributed by atoms with Crippen molar-refractivity contribution in [2.45, 2.75) is 32.3 Å². The highest BCUT2D eigenvalue weighted by Crippen LogP contribution is 2.25. The van der Waals surface area contributed by atoms with Crippen LogP contribution >= 0.6 is 0 Å². The third-order valence-corrected chi connectivity index (χ3v) is 4.50. The number of hydrogen-bond donors (Lipinski definition) is 1. The first-order chi connectivity index (χ1) is 10.1. The van der Waals surface area contributed by atoms with Crippen molar-refractivity contribution in [1.82, 2.24) is 4.90 Å². The van der Waals surface area contributed by atoms with Gasteiger partial charge < -0.3 is 15.4 Å². The average Bonchev–Trinajstić information content (AvgIpc) is 2.48. The largest absolute Gasteiger partial charge is 0.380 e. The van der Waals surface area contributed by atoms with Crippen LogP contribution in [0.3, 0.4) is 0 Å². The van der Waals surface area contributed by atoms with Crippen LogP contribution in [-0.4, -0.2) is 43.7 Å². The Kier molecular flexibility index (Phi) is 5.76. The van der Waals surface area contributed by atoms with E-state index >= 15 is 0 Å². The van der Waals surface area contributed by atoms with Crippen LogP contribution in [0.2, 0.25) is 0 Å². The summed E-state index contributed by atoms with van der Waals surface area (Å²) in [7, 11) is 1.78. The van der Waals surface area contributed by atoms with E-state index in [0.717, 1.165) is 32.5 Å². The van der Waals surface area contributed by atoms with E-state index in [0.29, 0.717) is 12.3 Å². The van der Waals surface area contributed by atoms with Crippen LogP contribution in [-0.2, 0) is 16.0 Å². The lowest BCUT2D eigenvalue weighted by atomic mass is 9.86. The number of carbonyl (C=O) groups excluding carboxylic acids is 1. The molecule has 1 aromatic carbocycles. The van der Waals surface area contributed by atoms with Gasteiger partial charge in [-0.1, -0.05) is 24.3 Å². The number of amides is 1. The van der Waals surface area contributed by atoms with Gasteiger partial charge in [0.15, 0.2) is 0 Å². The van der Waals surface area contributed by atoms with E-state index in [9.17, 15) is 4.79 Å². The van der Waals surface area contributed by atoms with Gasteiger partial charge in [0.1, 0.15) is 0 Å². The molecule has 0 unspecified atom stereocenters. The van der Waals surface area contributed by atoms with Gasteiger partial charge in [-0.3, -0.25) is 4.79 Å². The van der Waals surface area contributed by atoms with Gasteiger partial charge in [0.2, 0.25) is 5.91 Å². The number of carbonyl (C=O) groups is 1. The van der Waals surface area contributed by atoms with Crippen LogP contribution in [0, 0.1) is 12.8 Å². The number of rotatable bonds is 6. The molecule has 2 N–H and O–H groups in total. The molecule has 0 radical (unpaired) electrons. The highest BCUT2D eigenvalue weighted by Gasteiger charge is 2.29. The first-order valence-corrected chi connectivity index (χ1v) is 7.68. The molecule has 2 atom stereocenters. The van der Waals surface area contributed by atoms with E-state index in [-0.39, 0.29) is 12.0 Å². The van der Waals surface area contributed by atoms with Gasteiger partial charge in [0.05, 0.1) is 6.10 Å². The molecule has 116 valence electrons. The molecule has 1 heterocycles. The molecule has 0 bridgehead atoms. The van der Waals surface area contributed by atoms with E-state index in [1.165, 1.54) is 11.1 Å². The Morgan fingerprint density at radius 3 is 2.86 bits per heavy atom. The molecule has 2 rings (SSSR count). The molecule has 1 saturated heterocycles. The van der Waals surface area contributed by atoms with Crippen LogP contribution in [0.5, 0.6) is 0 Å². The molecular weight excluding hydrogens is 264 g/mol. The Hall–Kier alpha value is -1.39. The lowest BCUT2D eigenvalue weighted by Gasteiger charge is -2.38. The summed E-state index contributed by atoms with van der Waals surface area (Å²) in [6.07, 6.45) is 2.82. The van der Waals surface area contributed by atoms with Crippen LogP contribution in [0.1, 0.15) is 24.0 Å². The number of primary amides is 1. The smallest absolute Gasteiger partial charge is 0.218 e. The highest BCUT2D eigenvalue weighted by atomic mass is 16.5. The number of piperidine rings is 1. The minimum absolute atomic E-state index is 0.228. The fraction of sp³-hybridized carbons (Fsp3) is 0.588. The molecule has 0 spiro atoms. The minimum atomic E-state index is -0.231. The molecule has 1 amide bonds. The minimum Gasteiger partial charge on any atom is -0.380 e. The van der Waals surface area contributed by atoms with E-state index < -0.39 is 0 Å². The van der Waals surface area contributed by atoms with Gasteiger partial charge in [0, 0.05) is 26.6 Å². The molecule has 0 aliphatic carbocycles. The van der Waals surface area contributed by atoms with Crippen molar-refractivity contribution in [3.8, 4) is 0 Å². The fourth-order valence-corrected chi connectivity index (χ4v) is 3.12. The maximum atomic E-state index is 10.9. The Labute approximate surface area is 127 Å². The molecule has 1 aliphatic heterocycles. The van der Waals surface area contributed by atoms with Crippen LogP contribution in [0.15, 0.2) is 24.3 Å². The first-order valence-electron chi connectivity index (χ1n) is 7.68. The number of methoxy groups -OCH3 is 1. The zero-order chi connectivity index (χ0) is 15.2. The predicted molar refractivity (Wildman–Crippen MR) is 84.0 cm³/mol. The second kappa shape index (κ2) is 7.57. The van der Waals surface area contributed by atoms with Gasteiger partial charge in [0.25, 0.3) is 0 Å². The summed E-state index contributed by atoms with van der Waals surface area (Å²) in [6, 6.07) is 8.56. The first kappa shape index (κ1) is 16.0.